The van der Waals surface area contributed by atoms with Gasteiger partial charge in [0.15, 0.2) is 0 Å². The number of pyridine rings is 1. The van der Waals surface area contributed by atoms with Crippen LogP contribution in [0.5, 0.6) is 0 Å². The second-order valence-corrected chi connectivity index (χ2v) is 3.04. The lowest BCUT2D eigenvalue weighted by Gasteiger charge is -2.03. The first-order valence-corrected chi connectivity index (χ1v) is 4.73. The molecular formula is C11H10N4O. The predicted molar refractivity (Wildman–Crippen MR) is 60.6 cm³/mol. The zero-order chi connectivity index (χ0) is 11.2. The first-order valence-electron chi connectivity index (χ1n) is 4.73. The minimum atomic E-state index is -0.217. The standard InChI is InChI=1S/C11H10N4O/c16-11(9-3-6-12-7-4-9)15-14-8-10-2-1-5-13-10/h1-8,14H,(H,15,16). The summed E-state index contributed by atoms with van der Waals surface area (Å²) >= 11 is 0. The average Bonchev–Trinajstić information content (AvgIpc) is 2.83. The molecule has 2 N–H and O–H groups in total. The van der Waals surface area contributed by atoms with E-state index in [4.69, 9.17) is 0 Å². The topological polar surface area (TPSA) is 66.4 Å². The van der Waals surface area contributed by atoms with Gasteiger partial charge in [-0.3, -0.25) is 20.2 Å². The molecular weight excluding hydrogens is 204 g/mol. The molecule has 1 aliphatic rings. The summed E-state index contributed by atoms with van der Waals surface area (Å²) < 4.78 is 0. The number of amides is 1. The van der Waals surface area contributed by atoms with Crippen molar-refractivity contribution in [3.8, 4) is 0 Å². The van der Waals surface area contributed by atoms with Gasteiger partial charge >= 0.3 is 0 Å². The van der Waals surface area contributed by atoms with Crippen LogP contribution in [0.2, 0.25) is 0 Å². The van der Waals surface area contributed by atoms with Gasteiger partial charge in [0.2, 0.25) is 0 Å². The number of aliphatic imine (C=N–C) groups is 1. The molecule has 1 aromatic heterocycles. The molecule has 0 spiro atoms. The van der Waals surface area contributed by atoms with Crippen molar-refractivity contribution in [2.45, 2.75) is 0 Å². The monoisotopic (exact) mass is 214 g/mol. The highest BCUT2D eigenvalue weighted by atomic mass is 16.2. The number of hydrogen-bond donors (Lipinski definition) is 2. The van der Waals surface area contributed by atoms with Crippen LogP contribution in [0.4, 0.5) is 0 Å². The molecule has 0 radical (unpaired) electrons. The molecule has 1 aromatic rings. The van der Waals surface area contributed by atoms with Gasteiger partial charge in [0.05, 0.1) is 5.70 Å². The van der Waals surface area contributed by atoms with Crippen molar-refractivity contribution in [3.63, 3.8) is 0 Å². The summed E-state index contributed by atoms with van der Waals surface area (Å²) in [4.78, 5) is 19.4. The Hall–Kier alpha value is -2.43. The molecule has 0 saturated carbocycles. The SMILES string of the molecule is O=C(NNC=C1C=CC=N1)c1ccncc1. The molecule has 80 valence electrons. The molecule has 0 aromatic carbocycles. The molecule has 1 aliphatic heterocycles. The lowest BCUT2D eigenvalue weighted by molar-refractivity contribution is 0.0941. The molecule has 0 saturated heterocycles. The quantitative estimate of drug-likeness (QED) is 0.731. The highest BCUT2D eigenvalue weighted by molar-refractivity contribution is 5.93. The van der Waals surface area contributed by atoms with Crippen molar-refractivity contribution >= 4 is 12.1 Å². The third-order valence-corrected chi connectivity index (χ3v) is 1.92. The summed E-state index contributed by atoms with van der Waals surface area (Å²) in [6.07, 6.45) is 10.1. The summed E-state index contributed by atoms with van der Waals surface area (Å²) in [5.41, 5.74) is 6.51. The number of hydrogen-bond acceptors (Lipinski definition) is 4. The fourth-order valence-corrected chi connectivity index (χ4v) is 1.15. The van der Waals surface area contributed by atoms with Crippen molar-refractivity contribution in [1.82, 2.24) is 15.8 Å². The van der Waals surface area contributed by atoms with Gasteiger partial charge in [-0.1, -0.05) is 0 Å². The van der Waals surface area contributed by atoms with Crippen LogP contribution in [-0.4, -0.2) is 17.1 Å². The Bertz CT molecular complexity index is 448. The van der Waals surface area contributed by atoms with Crippen LogP contribution in [0.1, 0.15) is 10.4 Å². The van der Waals surface area contributed by atoms with Crippen molar-refractivity contribution in [3.05, 3.63) is 54.1 Å². The third-order valence-electron chi connectivity index (χ3n) is 1.92. The molecule has 0 unspecified atom stereocenters. The number of carbonyl (C=O) groups is 1. The van der Waals surface area contributed by atoms with Crippen LogP contribution in [-0.2, 0) is 0 Å². The van der Waals surface area contributed by atoms with Gasteiger partial charge in [0.25, 0.3) is 5.91 Å². The minimum Gasteiger partial charge on any atom is -0.303 e. The Morgan fingerprint density at radius 3 is 2.81 bits per heavy atom. The maximum Gasteiger partial charge on any atom is 0.269 e. The molecule has 5 heteroatoms. The Kier molecular flexibility index (Phi) is 3.08. The van der Waals surface area contributed by atoms with Gasteiger partial charge in [0, 0.05) is 30.4 Å². The van der Waals surface area contributed by atoms with Gasteiger partial charge < -0.3 is 5.43 Å². The first kappa shape index (κ1) is 10.1. The number of allylic oxidation sites excluding steroid dienone is 2. The molecule has 0 aliphatic carbocycles. The summed E-state index contributed by atoms with van der Waals surface area (Å²) in [7, 11) is 0. The number of rotatable bonds is 3. The molecule has 2 rings (SSSR count). The smallest absolute Gasteiger partial charge is 0.269 e. The van der Waals surface area contributed by atoms with E-state index in [0.717, 1.165) is 5.70 Å². The summed E-state index contributed by atoms with van der Waals surface area (Å²) in [5, 5.41) is 0. The van der Waals surface area contributed by atoms with E-state index in [9.17, 15) is 4.79 Å². The van der Waals surface area contributed by atoms with Crippen LogP contribution >= 0.6 is 0 Å². The van der Waals surface area contributed by atoms with E-state index in [1.807, 2.05) is 12.2 Å². The Morgan fingerprint density at radius 1 is 1.31 bits per heavy atom. The number of aromatic nitrogens is 1. The lowest BCUT2D eigenvalue weighted by atomic mass is 10.3. The van der Waals surface area contributed by atoms with E-state index in [1.165, 1.54) is 0 Å². The van der Waals surface area contributed by atoms with Gasteiger partial charge in [-0.2, -0.15) is 0 Å². The van der Waals surface area contributed by atoms with Gasteiger partial charge in [-0.25, -0.2) is 0 Å². The second kappa shape index (κ2) is 4.88. The molecule has 2 heterocycles. The zero-order valence-electron chi connectivity index (χ0n) is 8.42. The van der Waals surface area contributed by atoms with Gasteiger partial charge in [0.1, 0.15) is 0 Å². The normalized spacial score (nSPS) is 15.4. The molecule has 0 bridgehead atoms. The highest BCUT2D eigenvalue weighted by Gasteiger charge is 2.02. The van der Waals surface area contributed by atoms with Crippen LogP contribution in [0.15, 0.2) is 53.6 Å². The van der Waals surface area contributed by atoms with Crippen LogP contribution < -0.4 is 10.9 Å². The van der Waals surface area contributed by atoms with Crippen molar-refractivity contribution in [2.24, 2.45) is 4.99 Å². The first-order chi connectivity index (χ1) is 7.86. The van der Waals surface area contributed by atoms with Crippen molar-refractivity contribution in [1.29, 1.82) is 0 Å². The van der Waals surface area contributed by atoms with Crippen LogP contribution in [0, 0.1) is 0 Å². The van der Waals surface area contributed by atoms with E-state index in [1.54, 1.807) is 36.9 Å². The lowest BCUT2D eigenvalue weighted by Crippen LogP contribution is -2.33. The second-order valence-electron chi connectivity index (χ2n) is 3.04. The largest absolute Gasteiger partial charge is 0.303 e. The van der Waals surface area contributed by atoms with Crippen molar-refractivity contribution < 1.29 is 4.79 Å². The zero-order valence-corrected chi connectivity index (χ0v) is 8.42. The minimum absolute atomic E-state index is 0.217. The number of nitrogens with one attached hydrogen (secondary N) is 2. The van der Waals surface area contributed by atoms with E-state index < -0.39 is 0 Å². The van der Waals surface area contributed by atoms with E-state index in [-0.39, 0.29) is 5.91 Å². The fourth-order valence-electron chi connectivity index (χ4n) is 1.15. The molecule has 16 heavy (non-hydrogen) atoms. The third kappa shape index (κ3) is 2.54. The van der Waals surface area contributed by atoms with E-state index in [2.05, 4.69) is 20.8 Å². The Balaban J connectivity index is 1.87. The average molecular weight is 214 g/mol. The summed E-state index contributed by atoms with van der Waals surface area (Å²) in [5.74, 6) is -0.217. The number of nitrogens with zero attached hydrogens (tertiary/aromatic N) is 2. The van der Waals surface area contributed by atoms with Crippen LogP contribution in [0.3, 0.4) is 0 Å². The predicted octanol–water partition coefficient (Wildman–Crippen LogP) is 0.798. The summed E-state index contributed by atoms with van der Waals surface area (Å²) in [6.45, 7) is 0. The molecule has 0 fully saturated rings. The fraction of sp³-hybridized carbons (Fsp3) is 0. The number of hydrazine groups is 1. The van der Waals surface area contributed by atoms with E-state index >= 15 is 0 Å². The summed E-state index contributed by atoms with van der Waals surface area (Å²) in [6, 6.07) is 3.27. The van der Waals surface area contributed by atoms with Crippen molar-refractivity contribution in [2.75, 3.05) is 0 Å². The van der Waals surface area contributed by atoms with Gasteiger partial charge in [-0.15, -0.1) is 0 Å². The Labute approximate surface area is 92.6 Å². The highest BCUT2D eigenvalue weighted by Crippen LogP contribution is 2.01. The maximum absolute atomic E-state index is 11.5. The number of carbonyl (C=O) groups excluding carboxylic acids is 1. The molecule has 1 amide bonds. The maximum atomic E-state index is 11.5. The van der Waals surface area contributed by atoms with Gasteiger partial charge in [-0.05, 0) is 24.3 Å². The Morgan fingerprint density at radius 2 is 2.12 bits per heavy atom. The molecule has 0 atom stereocenters. The van der Waals surface area contributed by atoms with E-state index in [0.29, 0.717) is 5.56 Å². The van der Waals surface area contributed by atoms with Crippen LogP contribution in [0.25, 0.3) is 0 Å². The molecule has 5 nitrogen and oxygen atoms in total.